The lowest BCUT2D eigenvalue weighted by Crippen LogP contribution is -2.27. The van der Waals surface area contributed by atoms with Crippen molar-refractivity contribution in [3.63, 3.8) is 0 Å². The van der Waals surface area contributed by atoms with Crippen LogP contribution >= 0.6 is 11.6 Å². The van der Waals surface area contributed by atoms with Crippen molar-refractivity contribution < 1.29 is 18.7 Å². The first-order chi connectivity index (χ1) is 14.0. The minimum Gasteiger partial charge on any atom is -0.497 e. The van der Waals surface area contributed by atoms with Gasteiger partial charge in [-0.2, -0.15) is 0 Å². The Balaban J connectivity index is 1.43. The maximum absolute atomic E-state index is 13.1. The van der Waals surface area contributed by atoms with Gasteiger partial charge in [0.15, 0.2) is 5.69 Å². The number of amides is 1. The van der Waals surface area contributed by atoms with Gasteiger partial charge in [-0.3, -0.25) is 4.79 Å². The van der Waals surface area contributed by atoms with Gasteiger partial charge in [0.05, 0.1) is 26.0 Å². The smallest absolute Gasteiger partial charge is 0.274 e. The molecule has 29 heavy (non-hydrogen) atoms. The zero-order chi connectivity index (χ0) is 20.4. The molecule has 3 aromatic rings. The van der Waals surface area contributed by atoms with Gasteiger partial charge in [-0.25, -0.2) is 9.07 Å². The fraction of sp³-hybridized carbons (Fsp3) is 0.250. The third kappa shape index (κ3) is 4.08. The predicted octanol–water partition coefficient (Wildman–Crippen LogP) is 3.28. The topological polar surface area (TPSA) is 78.3 Å². The van der Waals surface area contributed by atoms with E-state index in [2.05, 4.69) is 15.6 Å². The molecule has 7 nitrogen and oxygen atoms in total. The number of nitrogens with one attached hydrogen (secondary N) is 1. The van der Waals surface area contributed by atoms with E-state index in [-0.39, 0.29) is 30.0 Å². The molecule has 1 aromatic heterocycles. The molecule has 0 saturated heterocycles. The van der Waals surface area contributed by atoms with E-state index in [0.717, 1.165) is 11.3 Å². The molecule has 0 aliphatic carbocycles. The molecule has 0 fully saturated rings. The van der Waals surface area contributed by atoms with Gasteiger partial charge in [-0.05, 0) is 35.4 Å². The lowest BCUT2D eigenvalue weighted by Gasteiger charge is -2.24. The summed E-state index contributed by atoms with van der Waals surface area (Å²) in [6.45, 7) is 0.815. The van der Waals surface area contributed by atoms with Gasteiger partial charge in [0.25, 0.3) is 5.91 Å². The van der Waals surface area contributed by atoms with Crippen molar-refractivity contribution in [2.24, 2.45) is 0 Å². The minimum absolute atomic E-state index is 0.152. The normalized spacial score (nSPS) is 15.6. The molecule has 0 saturated carbocycles. The van der Waals surface area contributed by atoms with Crippen LogP contribution in [0.5, 0.6) is 5.75 Å². The number of benzene rings is 2. The standard InChI is InChI=1S/C20H18ClFN4O3/c1-28-15-6-3-12(4-7-15)18-10-26-17(11-29-18)19(24-25-26)20(27)23-9-13-2-5-14(22)8-16(13)21/h2-8,18H,9-11H2,1H3,(H,23,27)/t18-/m0/s1. The summed E-state index contributed by atoms with van der Waals surface area (Å²) in [5.74, 6) is -0.0506. The van der Waals surface area contributed by atoms with Gasteiger partial charge in [0, 0.05) is 11.6 Å². The molecule has 4 rings (SSSR count). The number of hydrogen-bond acceptors (Lipinski definition) is 5. The van der Waals surface area contributed by atoms with E-state index in [1.807, 2.05) is 24.3 Å². The molecule has 0 radical (unpaired) electrons. The highest BCUT2D eigenvalue weighted by Gasteiger charge is 2.27. The molecule has 1 amide bonds. The summed E-state index contributed by atoms with van der Waals surface area (Å²) in [4.78, 5) is 12.5. The Morgan fingerprint density at radius 2 is 2.14 bits per heavy atom. The number of methoxy groups -OCH3 is 1. The van der Waals surface area contributed by atoms with Gasteiger partial charge in [0.1, 0.15) is 17.7 Å². The first-order valence-electron chi connectivity index (χ1n) is 8.95. The number of rotatable bonds is 5. The number of nitrogens with zero attached hydrogens (tertiary/aromatic N) is 3. The molecule has 1 atom stereocenters. The zero-order valence-corrected chi connectivity index (χ0v) is 16.3. The Labute approximate surface area is 171 Å². The van der Waals surface area contributed by atoms with Crippen LogP contribution < -0.4 is 10.1 Å². The van der Waals surface area contributed by atoms with Crippen LogP contribution in [0, 0.1) is 5.82 Å². The molecule has 0 bridgehead atoms. The lowest BCUT2D eigenvalue weighted by molar-refractivity contribution is -0.00179. The third-order valence-corrected chi connectivity index (χ3v) is 5.11. The minimum atomic E-state index is -0.430. The predicted molar refractivity (Wildman–Crippen MR) is 103 cm³/mol. The highest BCUT2D eigenvalue weighted by atomic mass is 35.5. The van der Waals surface area contributed by atoms with Gasteiger partial charge in [0.2, 0.25) is 0 Å². The molecule has 1 aliphatic heterocycles. The summed E-state index contributed by atoms with van der Waals surface area (Å²) in [7, 11) is 1.62. The second-order valence-electron chi connectivity index (χ2n) is 6.56. The van der Waals surface area contributed by atoms with E-state index >= 15 is 0 Å². The summed E-state index contributed by atoms with van der Waals surface area (Å²) in [5, 5.41) is 11.1. The molecule has 150 valence electrons. The van der Waals surface area contributed by atoms with Crippen LogP contribution in [-0.2, 0) is 24.4 Å². The zero-order valence-electron chi connectivity index (χ0n) is 15.6. The van der Waals surface area contributed by atoms with E-state index < -0.39 is 11.7 Å². The van der Waals surface area contributed by atoms with Crippen LogP contribution in [0.1, 0.15) is 33.4 Å². The average Bonchev–Trinajstić information content (AvgIpc) is 3.16. The monoisotopic (exact) mass is 416 g/mol. The summed E-state index contributed by atoms with van der Waals surface area (Å²) in [6, 6.07) is 11.6. The Hall–Kier alpha value is -2.97. The molecular weight excluding hydrogens is 399 g/mol. The van der Waals surface area contributed by atoms with Gasteiger partial charge >= 0.3 is 0 Å². The lowest BCUT2D eigenvalue weighted by atomic mass is 10.1. The Kier molecular flexibility index (Phi) is 5.46. The Morgan fingerprint density at radius 1 is 1.34 bits per heavy atom. The number of aromatic nitrogens is 3. The maximum atomic E-state index is 13.1. The molecule has 0 unspecified atom stereocenters. The summed E-state index contributed by atoms with van der Waals surface area (Å²) in [5.41, 5.74) is 2.41. The number of fused-ring (bicyclic) bond motifs is 1. The van der Waals surface area contributed by atoms with Gasteiger partial charge in [-0.1, -0.05) is 35.0 Å². The summed E-state index contributed by atoms with van der Waals surface area (Å²) in [6.07, 6.45) is -0.191. The summed E-state index contributed by atoms with van der Waals surface area (Å²) < 4.78 is 25.9. The van der Waals surface area contributed by atoms with Crippen molar-refractivity contribution in [3.05, 3.63) is 75.8 Å². The maximum Gasteiger partial charge on any atom is 0.274 e. The van der Waals surface area contributed by atoms with Crippen LogP contribution in [0.4, 0.5) is 4.39 Å². The molecular formula is C20H18ClFN4O3. The molecule has 2 heterocycles. The number of hydrogen-bond donors (Lipinski definition) is 1. The first-order valence-corrected chi connectivity index (χ1v) is 9.33. The van der Waals surface area contributed by atoms with Crippen LogP contribution in [0.2, 0.25) is 5.02 Å². The van der Waals surface area contributed by atoms with Crippen molar-refractivity contribution in [3.8, 4) is 5.75 Å². The molecule has 1 N–H and O–H groups in total. The van der Waals surface area contributed by atoms with Crippen LogP contribution in [-0.4, -0.2) is 28.0 Å². The first kappa shape index (κ1) is 19.4. The molecule has 9 heteroatoms. The number of halogens is 2. The second kappa shape index (κ2) is 8.18. The van der Waals surface area contributed by atoms with Crippen molar-refractivity contribution in [2.75, 3.05) is 7.11 Å². The van der Waals surface area contributed by atoms with Crippen LogP contribution in [0.3, 0.4) is 0 Å². The molecule has 1 aliphatic rings. The largest absolute Gasteiger partial charge is 0.497 e. The van der Waals surface area contributed by atoms with Crippen molar-refractivity contribution in [2.45, 2.75) is 25.8 Å². The van der Waals surface area contributed by atoms with Crippen LogP contribution in [0.25, 0.3) is 0 Å². The fourth-order valence-electron chi connectivity index (χ4n) is 3.13. The van der Waals surface area contributed by atoms with E-state index in [0.29, 0.717) is 17.8 Å². The average molecular weight is 417 g/mol. The third-order valence-electron chi connectivity index (χ3n) is 4.75. The van der Waals surface area contributed by atoms with Gasteiger partial charge in [-0.15, -0.1) is 5.10 Å². The Bertz CT molecular complexity index is 1040. The number of carbonyl (C=O) groups excluding carboxylic acids is 1. The van der Waals surface area contributed by atoms with Crippen molar-refractivity contribution >= 4 is 17.5 Å². The molecule has 2 aromatic carbocycles. The SMILES string of the molecule is COc1ccc([C@@H]2Cn3nnc(C(=O)NCc4ccc(F)cc4Cl)c3CO2)cc1. The fourth-order valence-corrected chi connectivity index (χ4v) is 3.37. The van der Waals surface area contributed by atoms with Gasteiger partial charge < -0.3 is 14.8 Å². The molecule has 0 spiro atoms. The van der Waals surface area contributed by atoms with Crippen molar-refractivity contribution in [1.29, 1.82) is 0 Å². The quantitative estimate of drug-likeness (QED) is 0.690. The number of ether oxygens (including phenoxy) is 2. The highest BCUT2D eigenvalue weighted by molar-refractivity contribution is 6.31. The second-order valence-corrected chi connectivity index (χ2v) is 6.97. The number of carbonyl (C=O) groups is 1. The van der Waals surface area contributed by atoms with Crippen LogP contribution in [0.15, 0.2) is 42.5 Å². The van der Waals surface area contributed by atoms with E-state index in [9.17, 15) is 9.18 Å². The van der Waals surface area contributed by atoms with E-state index in [1.54, 1.807) is 11.8 Å². The summed E-state index contributed by atoms with van der Waals surface area (Å²) >= 11 is 6.00. The Morgan fingerprint density at radius 3 is 2.86 bits per heavy atom. The van der Waals surface area contributed by atoms with E-state index in [1.165, 1.54) is 18.2 Å². The van der Waals surface area contributed by atoms with E-state index in [4.69, 9.17) is 21.1 Å². The van der Waals surface area contributed by atoms with Crippen molar-refractivity contribution in [1.82, 2.24) is 20.3 Å². The highest BCUT2D eigenvalue weighted by Crippen LogP contribution is 2.28.